The number of nitrogens with one attached hydrogen (secondary N) is 1. The van der Waals surface area contributed by atoms with E-state index in [1.54, 1.807) is 6.07 Å². The number of imidazole rings is 1. The van der Waals surface area contributed by atoms with E-state index >= 15 is 0 Å². The molecule has 0 saturated heterocycles. The minimum absolute atomic E-state index is 0.463. The molecule has 2 heterocycles. The number of rotatable bonds is 4. The van der Waals surface area contributed by atoms with Crippen LogP contribution in [-0.2, 0) is 13.1 Å². The quantitative estimate of drug-likeness (QED) is 0.792. The van der Waals surface area contributed by atoms with Gasteiger partial charge in [0.1, 0.15) is 5.65 Å². The number of benzene rings is 1. The summed E-state index contributed by atoms with van der Waals surface area (Å²) in [6.07, 6.45) is 3.87. The Bertz CT molecular complexity index is 704. The predicted molar refractivity (Wildman–Crippen MR) is 72.1 cm³/mol. The van der Waals surface area contributed by atoms with E-state index in [0.29, 0.717) is 18.7 Å². The molecule has 0 aliphatic carbocycles. The van der Waals surface area contributed by atoms with E-state index in [4.69, 9.17) is 0 Å². The maximum Gasteiger partial charge on any atom is 0.159 e. The fourth-order valence-corrected chi connectivity index (χ4v) is 2.06. The summed E-state index contributed by atoms with van der Waals surface area (Å²) in [7, 11) is 0. The van der Waals surface area contributed by atoms with Crippen LogP contribution < -0.4 is 5.32 Å². The molecule has 3 nitrogen and oxygen atoms in total. The molecular formula is C15H13F2N3. The zero-order valence-corrected chi connectivity index (χ0v) is 10.7. The van der Waals surface area contributed by atoms with Gasteiger partial charge < -0.3 is 9.72 Å². The summed E-state index contributed by atoms with van der Waals surface area (Å²) in [5.74, 6) is -1.65. The normalized spacial score (nSPS) is 11.1. The van der Waals surface area contributed by atoms with Crippen LogP contribution in [0.25, 0.3) is 5.65 Å². The van der Waals surface area contributed by atoms with E-state index < -0.39 is 11.6 Å². The minimum Gasteiger partial charge on any atom is -0.307 e. The van der Waals surface area contributed by atoms with Crippen LogP contribution in [-0.4, -0.2) is 9.38 Å². The first-order chi connectivity index (χ1) is 9.72. The first-order valence-corrected chi connectivity index (χ1v) is 6.29. The third-order valence-electron chi connectivity index (χ3n) is 3.03. The zero-order chi connectivity index (χ0) is 13.9. The summed E-state index contributed by atoms with van der Waals surface area (Å²) in [5, 5.41) is 3.16. The van der Waals surface area contributed by atoms with Gasteiger partial charge in [0.25, 0.3) is 0 Å². The van der Waals surface area contributed by atoms with Crippen molar-refractivity contribution < 1.29 is 8.78 Å². The summed E-state index contributed by atoms with van der Waals surface area (Å²) in [6.45, 7) is 1.03. The molecule has 1 N–H and O–H groups in total. The van der Waals surface area contributed by atoms with Crippen LogP contribution >= 0.6 is 0 Å². The number of aromatic nitrogens is 2. The van der Waals surface area contributed by atoms with Crippen LogP contribution in [0.1, 0.15) is 11.3 Å². The SMILES string of the molecule is Fc1ccc(CNCc2cn3ccccc3n2)cc1F. The van der Waals surface area contributed by atoms with Gasteiger partial charge in [-0.25, -0.2) is 13.8 Å². The lowest BCUT2D eigenvalue weighted by molar-refractivity contribution is 0.506. The Balaban J connectivity index is 1.63. The lowest BCUT2D eigenvalue weighted by atomic mass is 10.2. The molecule has 2 aromatic heterocycles. The number of halogens is 2. The fourth-order valence-electron chi connectivity index (χ4n) is 2.06. The van der Waals surface area contributed by atoms with E-state index in [-0.39, 0.29) is 0 Å². The van der Waals surface area contributed by atoms with Gasteiger partial charge in [0.15, 0.2) is 11.6 Å². The fraction of sp³-hybridized carbons (Fsp3) is 0.133. The van der Waals surface area contributed by atoms with Crippen LogP contribution in [0.3, 0.4) is 0 Å². The molecule has 102 valence electrons. The van der Waals surface area contributed by atoms with Gasteiger partial charge >= 0.3 is 0 Å². The van der Waals surface area contributed by atoms with Crippen LogP contribution in [0.15, 0.2) is 48.8 Å². The van der Waals surface area contributed by atoms with E-state index in [1.165, 1.54) is 6.07 Å². The average Bonchev–Trinajstić information content (AvgIpc) is 2.85. The van der Waals surface area contributed by atoms with Crippen molar-refractivity contribution >= 4 is 5.65 Å². The molecule has 0 bridgehead atoms. The van der Waals surface area contributed by atoms with E-state index in [1.807, 2.05) is 35.0 Å². The van der Waals surface area contributed by atoms with Gasteiger partial charge in [-0.1, -0.05) is 12.1 Å². The first kappa shape index (κ1) is 12.7. The molecule has 3 rings (SSSR count). The summed E-state index contributed by atoms with van der Waals surface area (Å²) in [6, 6.07) is 9.70. The molecule has 0 fully saturated rings. The highest BCUT2D eigenvalue weighted by Crippen LogP contribution is 2.09. The van der Waals surface area contributed by atoms with Gasteiger partial charge in [-0.3, -0.25) is 0 Å². The van der Waals surface area contributed by atoms with Crippen molar-refractivity contribution in [1.82, 2.24) is 14.7 Å². The highest BCUT2D eigenvalue weighted by molar-refractivity contribution is 5.39. The Kier molecular flexibility index (Phi) is 3.43. The molecule has 0 aliphatic heterocycles. The Morgan fingerprint density at radius 1 is 1.05 bits per heavy atom. The van der Waals surface area contributed by atoms with Crippen molar-refractivity contribution in [2.45, 2.75) is 13.1 Å². The van der Waals surface area contributed by atoms with Crippen molar-refractivity contribution in [1.29, 1.82) is 0 Å². The molecule has 0 radical (unpaired) electrons. The Morgan fingerprint density at radius 2 is 1.95 bits per heavy atom. The molecule has 20 heavy (non-hydrogen) atoms. The summed E-state index contributed by atoms with van der Waals surface area (Å²) in [4.78, 5) is 4.44. The van der Waals surface area contributed by atoms with Crippen LogP contribution in [0.2, 0.25) is 0 Å². The number of fused-ring (bicyclic) bond motifs is 1. The molecule has 0 amide bonds. The summed E-state index contributed by atoms with van der Waals surface area (Å²) in [5.41, 5.74) is 2.49. The summed E-state index contributed by atoms with van der Waals surface area (Å²) >= 11 is 0. The number of hydrogen-bond acceptors (Lipinski definition) is 2. The maximum atomic E-state index is 13.1. The number of nitrogens with zero attached hydrogens (tertiary/aromatic N) is 2. The van der Waals surface area contributed by atoms with E-state index in [0.717, 1.165) is 17.4 Å². The third kappa shape index (κ3) is 2.67. The second-order valence-electron chi connectivity index (χ2n) is 4.55. The van der Waals surface area contributed by atoms with Crippen molar-refractivity contribution in [3.8, 4) is 0 Å². The van der Waals surface area contributed by atoms with Gasteiger partial charge in [0.05, 0.1) is 5.69 Å². The minimum atomic E-state index is -0.825. The van der Waals surface area contributed by atoms with E-state index in [9.17, 15) is 8.78 Å². The summed E-state index contributed by atoms with van der Waals surface area (Å²) < 4.78 is 27.8. The topological polar surface area (TPSA) is 29.3 Å². The molecule has 5 heteroatoms. The molecular weight excluding hydrogens is 260 g/mol. The number of pyridine rings is 1. The van der Waals surface area contributed by atoms with Gasteiger partial charge in [0.2, 0.25) is 0 Å². The van der Waals surface area contributed by atoms with Crippen molar-refractivity contribution in [2.75, 3.05) is 0 Å². The second kappa shape index (κ2) is 5.38. The monoisotopic (exact) mass is 273 g/mol. The van der Waals surface area contributed by atoms with Gasteiger partial charge in [-0.2, -0.15) is 0 Å². The standard InChI is InChI=1S/C15H13F2N3/c16-13-5-4-11(7-14(13)17)8-18-9-12-10-20-6-2-1-3-15(20)19-12/h1-7,10,18H,8-9H2. The second-order valence-corrected chi connectivity index (χ2v) is 4.55. The predicted octanol–water partition coefficient (Wildman–Crippen LogP) is 2.90. The Hall–Kier alpha value is -2.27. The maximum absolute atomic E-state index is 13.1. The molecule has 3 aromatic rings. The number of hydrogen-bond donors (Lipinski definition) is 1. The average molecular weight is 273 g/mol. The smallest absolute Gasteiger partial charge is 0.159 e. The third-order valence-corrected chi connectivity index (χ3v) is 3.03. The van der Waals surface area contributed by atoms with Gasteiger partial charge in [0, 0.05) is 25.5 Å². The van der Waals surface area contributed by atoms with Crippen molar-refractivity contribution in [3.05, 3.63) is 71.7 Å². The largest absolute Gasteiger partial charge is 0.307 e. The molecule has 0 unspecified atom stereocenters. The van der Waals surface area contributed by atoms with Crippen molar-refractivity contribution in [2.24, 2.45) is 0 Å². The Morgan fingerprint density at radius 3 is 2.75 bits per heavy atom. The molecule has 0 spiro atoms. The van der Waals surface area contributed by atoms with Crippen molar-refractivity contribution in [3.63, 3.8) is 0 Å². The van der Waals surface area contributed by atoms with Gasteiger partial charge in [-0.05, 0) is 29.8 Å². The molecule has 0 saturated carbocycles. The lowest BCUT2D eigenvalue weighted by Crippen LogP contribution is -2.13. The zero-order valence-electron chi connectivity index (χ0n) is 10.7. The Labute approximate surface area is 114 Å². The molecule has 0 atom stereocenters. The van der Waals surface area contributed by atoms with Gasteiger partial charge in [-0.15, -0.1) is 0 Å². The lowest BCUT2D eigenvalue weighted by Gasteiger charge is -2.03. The molecule has 1 aromatic carbocycles. The van der Waals surface area contributed by atoms with Crippen LogP contribution in [0.4, 0.5) is 8.78 Å². The highest BCUT2D eigenvalue weighted by Gasteiger charge is 2.03. The van der Waals surface area contributed by atoms with Crippen LogP contribution in [0, 0.1) is 11.6 Å². The molecule has 0 aliphatic rings. The highest BCUT2D eigenvalue weighted by atomic mass is 19.2. The first-order valence-electron chi connectivity index (χ1n) is 6.29. The van der Waals surface area contributed by atoms with E-state index in [2.05, 4.69) is 10.3 Å². The van der Waals surface area contributed by atoms with Crippen LogP contribution in [0.5, 0.6) is 0 Å².